The first-order valence-corrected chi connectivity index (χ1v) is 2.92. The highest BCUT2D eigenvalue weighted by Crippen LogP contribution is 2.21. The zero-order chi connectivity index (χ0) is 4.41. The third-order valence-electron chi connectivity index (χ3n) is 0.455. The van der Waals surface area contributed by atoms with E-state index in [1.807, 2.05) is 0 Å². The molecule has 1 atom stereocenters. The number of nitrogens with zero attached hydrogens (tertiary/aromatic N) is 1. The van der Waals surface area contributed by atoms with Gasteiger partial charge in [0, 0.05) is 6.21 Å². The van der Waals surface area contributed by atoms with Gasteiger partial charge in [0.2, 0.25) is 0 Å². The van der Waals surface area contributed by atoms with Gasteiger partial charge < -0.3 is 0 Å². The summed E-state index contributed by atoms with van der Waals surface area (Å²) in [7, 11) is 0. The van der Waals surface area contributed by atoms with Crippen molar-refractivity contribution >= 4 is 29.6 Å². The molecular formula is C3H3ClNS. The monoisotopic (exact) mass is 120 g/mol. The molecule has 0 saturated heterocycles. The molecule has 0 fully saturated rings. The minimum absolute atomic E-state index is 0.0880. The van der Waals surface area contributed by atoms with Crippen LogP contribution in [0.5, 0.6) is 0 Å². The second-order valence-corrected chi connectivity index (χ2v) is 2.61. The van der Waals surface area contributed by atoms with E-state index in [1.165, 1.54) is 11.8 Å². The molecule has 33 valence electrons. The van der Waals surface area contributed by atoms with E-state index in [0.29, 0.717) is 0 Å². The van der Waals surface area contributed by atoms with Crippen LogP contribution in [0.25, 0.3) is 0 Å². The molecule has 3 heteroatoms. The van der Waals surface area contributed by atoms with Crippen LogP contribution < -0.4 is 0 Å². The van der Waals surface area contributed by atoms with Gasteiger partial charge >= 0.3 is 0 Å². The maximum absolute atomic E-state index is 5.49. The van der Waals surface area contributed by atoms with Crippen molar-refractivity contribution in [1.29, 1.82) is 0 Å². The van der Waals surface area contributed by atoms with Gasteiger partial charge in [-0.2, -0.15) is 0 Å². The van der Waals surface area contributed by atoms with Crippen molar-refractivity contribution in [3.63, 3.8) is 0 Å². The molecule has 0 aromatic rings. The molecule has 0 aliphatic carbocycles. The molecule has 0 amide bonds. The molecule has 0 N–H and O–H groups in total. The lowest BCUT2D eigenvalue weighted by Crippen LogP contribution is -1.81. The van der Waals surface area contributed by atoms with Crippen LogP contribution in [0.15, 0.2) is 4.99 Å². The Hall–Kier alpha value is 0.310. The maximum atomic E-state index is 5.49. The van der Waals surface area contributed by atoms with Gasteiger partial charge in [-0.3, -0.25) is 4.99 Å². The number of rotatable bonds is 0. The average Bonchev–Trinajstić information content (AvgIpc) is 1.86. The molecule has 1 aliphatic rings. The lowest BCUT2D eigenvalue weighted by atomic mass is 10.9. The van der Waals surface area contributed by atoms with Gasteiger partial charge in [0.05, 0.1) is 0 Å². The largest absolute Gasteiger partial charge is 0.278 e. The van der Waals surface area contributed by atoms with E-state index in [-0.39, 0.29) is 4.71 Å². The minimum atomic E-state index is 0.0880. The number of hydrogen-bond acceptors (Lipinski definition) is 2. The second kappa shape index (κ2) is 1.85. The van der Waals surface area contributed by atoms with Crippen LogP contribution in [-0.4, -0.2) is 10.9 Å². The van der Waals surface area contributed by atoms with Crippen molar-refractivity contribution in [1.82, 2.24) is 0 Å². The van der Waals surface area contributed by atoms with Gasteiger partial charge in [0.1, 0.15) is 10.6 Å². The molecule has 1 nitrogen and oxygen atoms in total. The smallest absolute Gasteiger partial charge is 0.128 e. The number of aliphatic imine (C=N–C) groups is 1. The van der Waals surface area contributed by atoms with Crippen molar-refractivity contribution in [2.45, 2.75) is 4.71 Å². The predicted molar refractivity (Wildman–Crippen MR) is 30.0 cm³/mol. The van der Waals surface area contributed by atoms with E-state index in [2.05, 4.69) is 4.99 Å². The Kier molecular flexibility index (Phi) is 1.37. The summed E-state index contributed by atoms with van der Waals surface area (Å²) in [6.45, 7) is 0. The summed E-state index contributed by atoms with van der Waals surface area (Å²) in [5.74, 6) is 1.73. The van der Waals surface area contributed by atoms with Gasteiger partial charge in [-0.25, -0.2) is 0 Å². The Morgan fingerprint density at radius 1 is 1.83 bits per heavy atom. The van der Waals surface area contributed by atoms with E-state index in [4.69, 9.17) is 11.6 Å². The Morgan fingerprint density at radius 2 is 2.67 bits per heavy atom. The van der Waals surface area contributed by atoms with Crippen LogP contribution in [0.2, 0.25) is 0 Å². The summed E-state index contributed by atoms with van der Waals surface area (Å²) in [6, 6.07) is 0. The van der Waals surface area contributed by atoms with E-state index in [1.54, 1.807) is 12.1 Å². The van der Waals surface area contributed by atoms with Gasteiger partial charge in [0.25, 0.3) is 0 Å². The minimum Gasteiger partial charge on any atom is -0.278 e. The summed E-state index contributed by atoms with van der Waals surface area (Å²) in [5, 5.41) is 0. The van der Waals surface area contributed by atoms with Gasteiger partial charge in [-0.1, -0.05) is 0 Å². The van der Waals surface area contributed by atoms with Crippen LogP contribution in [0, 0.1) is 5.88 Å². The van der Waals surface area contributed by atoms with E-state index in [9.17, 15) is 0 Å². The first kappa shape index (κ1) is 4.47. The van der Waals surface area contributed by atoms with Crippen LogP contribution in [0.1, 0.15) is 0 Å². The highest BCUT2D eigenvalue weighted by Gasteiger charge is 2.04. The molecular weight excluding hydrogens is 118 g/mol. The lowest BCUT2D eigenvalue weighted by Gasteiger charge is -1.83. The first-order chi connectivity index (χ1) is 2.89. The molecule has 0 bridgehead atoms. The molecule has 0 aromatic carbocycles. The third-order valence-corrected chi connectivity index (χ3v) is 1.50. The molecule has 6 heavy (non-hydrogen) atoms. The average molecular weight is 121 g/mol. The molecule has 0 aromatic heterocycles. The summed E-state index contributed by atoms with van der Waals surface area (Å²) < 4.78 is 0.0880. The molecule has 1 radical (unpaired) electrons. The molecule has 0 saturated carbocycles. The van der Waals surface area contributed by atoms with Crippen molar-refractivity contribution in [3.8, 4) is 0 Å². The molecule has 0 spiro atoms. The normalized spacial score (nSPS) is 31.8. The van der Waals surface area contributed by atoms with Crippen LogP contribution in [0.3, 0.4) is 0 Å². The highest BCUT2D eigenvalue weighted by atomic mass is 35.5. The highest BCUT2D eigenvalue weighted by molar-refractivity contribution is 8.03. The Morgan fingerprint density at radius 3 is 2.83 bits per heavy atom. The quantitative estimate of drug-likeness (QED) is 0.441. The Labute approximate surface area is 45.8 Å². The lowest BCUT2D eigenvalue weighted by molar-refractivity contribution is 1.59. The SMILES string of the molecule is ClC1C=N[CH]S1. The molecule has 1 unspecified atom stereocenters. The standard InChI is InChI=1S/C3H3ClNS/c4-3-1-5-2-6-3/h1-3H. The Balaban J connectivity index is 2.38. The zero-order valence-corrected chi connectivity index (χ0v) is 4.54. The van der Waals surface area contributed by atoms with E-state index < -0.39 is 0 Å². The number of hydrogen-bond donors (Lipinski definition) is 0. The third kappa shape index (κ3) is 0.884. The van der Waals surface area contributed by atoms with E-state index >= 15 is 0 Å². The van der Waals surface area contributed by atoms with Gasteiger partial charge in [-0.15, -0.1) is 23.4 Å². The molecule has 1 rings (SSSR count). The number of thioether (sulfide) groups is 1. The number of halogens is 1. The predicted octanol–water partition coefficient (Wildman–Crippen LogP) is 1.49. The van der Waals surface area contributed by atoms with Crippen LogP contribution >= 0.6 is 23.4 Å². The fraction of sp³-hybridized carbons (Fsp3) is 0.333. The van der Waals surface area contributed by atoms with Gasteiger partial charge in [-0.05, 0) is 0 Å². The Bertz CT molecular complexity index is 73.2. The van der Waals surface area contributed by atoms with Crippen molar-refractivity contribution in [3.05, 3.63) is 5.88 Å². The van der Waals surface area contributed by atoms with Crippen molar-refractivity contribution < 1.29 is 0 Å². The first-order valence-electron chi connectivity index (χ1n) is 1.54. The summed E-state index contributed by atoms with van der Waals surface area (Å²) in [5.41, 5.74) is 0. The fourth-order valence-corrected chi connectivity index (χ4v) is 0.832. The topological polar surface area (TPSA) is 12.4 Å². The number of alkyl halides is 1. The molecule has 1 heterocycles. The van der Waals surface area contributed by atoms with Gasteiger partial charge in [0.15, 0.2) is 0 Å². The zero-order valence-electron chi connectivity index (χ0n) is 2.97. The van der Waals surface area contributed by atoms with Crippen LogP contribution in [-0.2, 0) is 0 Å². The molecule has 1 aliphatic heterocycles. The summed E-state index contributed by atoms with van der Waals surface area (Å²) in [6.07, 6.45) is 1.70. The van der Waals surface area contributed by atoms with E-state index in [0.717, 1.165) is 0 Å². The summed E-state index contributed by atoms with van der Waals surface area (Å²) in [4.78, 5) is 3.75. The maximum Gasteiger partial charge on any atom is 0.128 e. The van der Waals surface area contributed by atoms with Crippen molar-refractivity contribution in [2.75, 3.05) is 0 Å². The van der Waals surface area contributed by atoms with Crippen LogP contribution in [0.4, 0.5) is 0 Å². The van der Waals surface area contributed by atoms with Crippen molar-refractivity contribution in [2.24, 2.45) is 4.99 Å². The summed E-state index contributed by atoms with van der Waals surface area (Å²) >= 11 is 7.01. The second-order valence-electron chi connectivity index (χ2n) is 0.891. The fourth-order valence-electron chi connectivity index (χ4n) is 0.231.